The normalized spacial score (nSPS) is 22.6. The van der Waals surface area contributed by atoms with E-state index < -0.39 is 5.91 Å². The number of aromatic nitrogens is 1. The zero-order chi connectivity index (χ0) is 14.7. The molecule has 3 N–H and O–H groups in total. The van der Waals surface area contributed by atoms with Gasteiger partial charge in [0.05, 0.1) is 0 Å². The van der Waals surface area contributed by atoms with Crippen LogP contribution in [0.25, 0.3) is 0 Å². The van der Waals surface area contributed by atoms with Crippen LogP contribution in [-0.2, 0) is 0 Å². The summed E-state index contributed by atoms with van der Waals surface area (Å²) in [4.78, 5) is 15.9. The Balaban J connectivity index is 2.15. The van der Waals surface area contributed by atoms with Gasteiger partial charge in [0.2, 0.25) is 5.88 Å². The second kappa shape index (κ2) is 6.22. The number of amides is 1. The van der Waals surface area contributed by atoms with E-state index in [1.165, 1.54) is 0 Å². The second-order valence-corrected chi connectivity index (χ2v) is 5.57. The number of rotatable bonds is 4. The first-order chi connectivity index (χ1) is 9.51. The van der Waals surface area contributed by atoms with Gasteiger partial charge >= 0.3 is 0 Å². The van der Waals surface area contributed by atoms with Crippen LogP contribution >= 0.6 is 0 Å². The molecule has 2 rings (SSSR count). The van der Waals surface area contributed by atoms with Gasteiger partial charge in [-0.2, -0.15) is 0 Å². The van der Waals surface area contributed by atoms with Crippen LogP contribution < -0.4 is 10.5 Å². The molecular formula is C15H22N2O3. The minimum Gasteiger partial charge on any atom is -0.474 e. The Morgan fingerprint density at radius 1 is 1.40 bits per heavy atom. The number of carbonyl (C=O) groups excluding carboxylic acids is 1. The first-order valence-corrected chi connectivity index (χ1v) is 7.06. The number of pyridine rings is 1. The number of nitrogens with two attached hydrogens (primary N) is 1. The summed E-state index contributed by atoms with van der Waals surface area (Å²) in [5.41, 5.74) is 7.40. The molecule has 1 saturated carbocycles. The summed E-state index contributed by atoms with van der Waals surface area (Å²) < 4.78 is 5.91. The van der Waals surface area contributed by atoms with Crippen LogP contribution in [0.5, 0.6) is 5.88 Å². The van der Waals surface area contributed by atoms with E-state index in [-0.39, 0.29) is 12.7 Å². The van der Waals surface area contributed by atoms with Gasteiger partial charge in [-0.25, -0.2) is 4.98 Å². The van der Waals surface area contributed by atoms with Crippen LogP contribution in [0.15, 0.2) is 6.07 Å². The van der Waals surface area contributed by atoms with Gasteiger partial charge in [-0.05, 0) is 57.1 Å². The molecule has 0 radical (unpaired) electrons. The molecule has 5 heteroatoms. The first-order valence-electron chi connectivity index (χ1n) is 7.06. The van der Waals surface area contributed by atoms with E-state index in [1.807, 2.05) is 19.9 Å². The summed E-state index contributed by atoms with van der Waals surface area (Å²) in [7, 11) is 0. The fourth-order valence-electron chi connectivity index (χ4n) is 2.78. The number of primary amides is 1. The Labute approximate surface area is 119 Å². The van der Waals surface area contributed by atoms with Crippen molar-refractivity contribution in [2.24, 2.45) is 11.7 Å². The maximum Gasteiger partial charge on any atom is 0.254 e. The Morgan fingerprint density at radius 3 is 2.60 bits per heavy atom. The van der Waals surface area contributed by atoms with Gasteiger partial charge in [0.15, 0.2) is 0 Å². The van der Waals surface area contributed by atoms with Crippen molar-refractivity contribution in [1.29, 1.82) is 0 Å². The van der Waals surface area contributed by atoms with Gasteiger partial charge in [-0.15, -0.1) is 0 Å². The molecule has 0 bridgehead atoms. The summed E-state index contributed by atoms with van der Waals surface area (Å²) in [6.45, 7) is 3.94. The predicted octanol–water partition coefficient (Wildman–Crippen LogP) is 1.73. The lowest BCUT2D eigenvalue weighted by molar-refractivity contribution is 0.0933. The zero-order valence-electron chi connectivity index (χ0n) is 12.1. The van der Waals surface area contributed by atoms with E-state index >= 15 is 0 Å². The number of hydrogen-bond donors (Lipinski definition) is 2. The van der Waals surface area contributed by atoms with Crippen molar-refractivity contribution in [1.82, 2.24) is 4.98 Å². The fraction of sp³-hybridized carbons (Fsp3) is 0.600. The largest absolute Gasteiger partial charge is 0.474 e. The first kappa shape index (κ1) is 14.8. The Hall–Kier alpha value is -1.62. The summed E-state index contributed by atoms with van der Waals surface area (Å²) in [6, 6.07) is 1.83. The molecule has 1 amide bonds. The van der Waals surface area contributed by atoms with Gasteiger partial charge in [0.25, 0.3) is 5.91 Å². The molecule has 1 aliphatic rings. The lowest BCUT2D eigenvalue weighted by atomic mass is 9.88. The molecule has 1 aromatic heterocycles. The monoisotopic (exact) mass is 278 g/mol. The molecule has 0 spiro atoms. The van der Waals surface area contributed by atoms with Crippen molar-refractivity contribution in [2.45, 2.75) is 45.6 Å². The highest BCUT2D eigenvalue weighted by Gasteiger charge is 2.24. The third-order valence-corrected chi connectivity index (χ3v) is 3.89. The molecule has 0 atom stereocenters. The van der Waals surface area contributed by atoms with E-state index in [4.69, 9.17) is 15.6 Å². The summed E-state index contributed by atoms with van der Waals surface area (Å²) in [6.07, 6.45) is 3.68. The van der Waals surface area contributed by atoms with Gasteiger partial charge in [0.1, 0.15) is 11.7 Å². The predicted molar refractivity (Wildman–Crippen MR) is 75.7 cm³/mol. The van der Waals surface area contributed by atoms with Crippen molar-refractivity contribution < 1.29 is 14.6 Å². The fourth-order valence-corrected chi connectivity index (χ4v) is 2.78. The average molecular weight is 278 g/mol. The molecule has 1 fully saturated rings. The van der Waals surface area contributed by atoms with Gasteiger partial charge < -0.3 is 15.6 Å². The highest BCUT2D eigenvalue weighted by molar-refractivity contribution is 5.96. The number of carbonyl (C=O) groups is 1. The molecule has 1 heterocycles. The smallest absolute Gasteiger partial charge is 0.254 e. The van der Waals surface area contributed by atoms with Crippen LogP contribution in [0.4, 0.5) is 0 Å². The van der Waals surface area contributed by atoms with Crippen LogP contribution in [-0.4, -0.2) is 28.7 Å². The van der Waals surface area contributed by atoms with Crippen LogP contribution in [0.1, 0.15) is 47.3 Å². The van der Waals surface area contributed by atoms with E-state index in [9.17, 15) is 4.79 Å². The summed E-state index contributed by atoms with van der Waals surface area (Å²) in [5, 5.41) is 9.14. The number of nitrogens with zero attached hydrogens (tertiary/aromatic N) is 1. The van der Waals surface area contributed by atoms with Gasteiger partial charge in [-0.3, -0.25) is 4.79 Å². The molecule has 0 unspecified atom stereocenters. The molecule has 110 valence electrons. The van der Waals surface area contributed by atoms with Crippen LogP contribution in [0, 0.1) is 19.8 Å². The van der Waals surface area contributed by atoms with Crippen molar-refractivity contribution in [3.63, 3.8) is 0 Å². The van der Waals surface area contributed by atoms with Crippen molar-refractivity contribution >= 4 is 5.91 Å². The standard InChI is InChI=1S/C15H22N2O3/c1-9-7-10(2)17-15(13(9)14(16)19)20-12-5-3-11(8-18)4-6-12/h7,11-12,18H,3-6,8H2,1-2H3,(H2,16,19). The number of hydrogen-bond acceptors (Lipinski definition) is 4. The second-order valence-electron chi connectivity index (χ2n) is 5.57. The number of aryl methyl sites for hydroxylation is 2. The molecule has 20 heavy (non-hydrogen) atoms. The topological polar surface area (TPSA) is 85.4 Å². The lowest BCUT2D eigenvalue weighted by Crippen LogP contribution is -2.27. The number of aliphatic hydroxyl groups is 1. The summed E-state index contributed by atoms with van der Waals surface area (Å²) >= 11 is 0. The molecule has 0 saturated heterocycles. The Morgan fingerprint density at radius 2 is 2.05 bits per heavy atom. The Bertz CT molecular complexity index is 494. The quantitative estimate of drug-likeness (QED) is 0.878. The minimum absolute atomic E-state index is 0.0459. The van der Waals surface area contributed by atoms with Crippen molar-refractivity contribution in [3.8, 4) is 5.88 Å². The Kier molecular flexibility index (Phi) is 4.60. The van der Waals surface area contributed by atoms with Crippen LogP contribution in [0.3, 0.4) is 0 Å². The summed E-state index contributed by atoms with van der Waals surface area (Å²) in [5.74, 6) is 0.217. The number of aliphatic hydroxyl groups excluding tert-OH is 1. The van der Waals surface area contributed by atoms with E-state index in [0.717, 1.165) is 36.9 Å². The minimum atomic E-state index is -0.506. The lowest BCUT2D eigenvalue weighted by Gasteiger charge is -2.28. The maximum absolute atomic E-state index is 11.6. The van der Waals surface area contributed by atoms with Gasteiger partial charge in [-0.1, -0.05) is 0 Å². The number of ether oxygens (including phenoxy) is 1. The third kappa shape index (κ3) is 3.28. The zero-order valence-corrected chi connectivity index (χ0v) is 12.1. The highest BCUT2D eigenvalue weighted by atomic mass is 16.5. The molecule has 0 aromatic carbocycles. The highest BCUT2D eigenvalue weighted by Crippen LogP contribution is 2.29. The van der Waals surface area contributed by atoms with Crippen molar-refractivity contribution in [3.05, 3.63) is 22.9 Å². The van der Waals surface area contributed by atoms with Crippen molar-refractivity contribution in [2.75, 3.05) is 6.61 Å². The maximum atomic E-state index is 11.6. The molecule has 1 aliphatic carbocycles. The van der Waals surface area contributed by atoms with Gasteiger partial charge in [0, 0.05) is 12.3 Å². The average Bonchev–Trinajstić information content (AvgIpc) is 2.38. The molecular weight excluding hydrogens is 256 g/mol. The van der Waals surface area contributed by atoms with E-state index in [2.05, 4.69) is 4.98 Å². The molecule has 5 nitrogen and oxygen atoms in total. The molecule has 1 aromatic rings. The van der Waals surface area contributed by atoms with E-state index in [0.29, 0.717) is 17.4 Å². The SMILES string of the molecule is Cc1cc(C)c(C(N)=O)c(OC2CCC(CO)CC2)n1. The third-order valence-electron chi connectivity index (χ3n) is 3.89. The van der Waals surface area contributed by atoms with Crippen LogP contribution in [0.2, 0.25) is 0 Å². The molecule has 0 aliphatic heterocycles. The van der Waals surface area contributed by atoms with E-state index in [1.54, 1.807) is 0 Å².